The van der Waals surface area contributed by atoms with Crippen molar-refractivity contribution >= 4 is 17.6 Å². The van der Waals surface area contributed by atoms with E-state index in [1.165, 1.54) is 82.7 Å². The zero-order chi connectivity index (χ0) is 23.5. The molecule has 2 aliphatic rings. The lowest BCUT2D eigenvalue weighted by atomic mass is 10.0. The lowest BCUT2D eigenvalue weighted by Gasteiger charge is -2.43. The van der Waals surface area contributed by atoms with Crippen LogP contribution in [0.1, 0.15) is 24.8 Å². The van der Waals surface area contributed by atoms with Crippen LogP contribution in [0, 0.1) is 0 Å². The van der Waals surface area contributed by atoms with E-state index < -0.39 is 11.9 Å². The van der Waals surface area contributed by atoms with Crippen molar-refractivity contribution < 1.29 is 19.8 Å². The Morgan fingerprint density at radius 1 is 0.758 bits per heavy atom. The summed E-state index contributed by atoms with van der Waals surface area (Å²) in [6.45, 7) is 8.57. The first-order valence-electron chi connectivity index (χ1n) is 11.8. The molecule has 178 valence electrons. The summed E-state index contributed by atoms with van der Waals surface area (Å²) in [6.07, 6.45) is 5.18. The number of hydrogen-bond donors (Lipinski definition) is 2. The zero-order valence-electron chi connectivity index (χ0n) is 19.2. The van der Waals surface area contributed by atoms with Gasteiger partial charge in [-0.2, -0.15) is 0 Å². The van der Waals surface area contributed by atoms with Crippen LogP contribution in [0.5, 0.6) is 0 Å². The van der Waals surface area contributed by atoms with E-state index in [2.05, 4.69) is 75.4 Å². The number of aryl methyl sites for hydroxylation is 1. The molecule has 0 saturated carbocycles. The van der Waals surface area contributed by atoms with Crippen LogP contribution in [0.2, 0.25) is 0 Å². The number of aliphatic carboxylic acids is 2. The summed E-state index contributed by atoms with van der Waals surface area (Å²) in [6, 6.07) is 22.6. The number of para-hydroxylation sites is 1. The molecule has 0 unspecified atom stereocenters. The molecule has 2 saturated heterocycles. The Morgan fingerprint density at radius 2 is 1.30 bits per heavy atom. The first-order valence-corrected chi connectivity index (χ1v) is 11.8. The number of nitrogens with zero attached hydrogens (tertiary/aromatic N) is 3. The van der Waals surface area contributed by atoms with Crippen molar-refractivity contribution in [2.24, 2.45) is 0 Å². The normalized spacial score (nSPS) is 17.8. The van der Waals surface area contributed by atoms with Crippen molar-refractivity contribution in [3.05, 3.63) is 66.2 Å². The average Bonchev–Trinajstić information content (AvgIpc) is 2.86. The monoisotopic (exact) mass is 453 g/mol. The van der Waals surface area contributed by atoms with Gasteiger partial charge >= 0.3 is 11.9 Å². The van der Waals surface area contributed by atoms with Gasteiger partial charge in [-0.25, -0.2) is 9.59 Å². The number of piperazine rings is 1. The Hall–Kier alpha value is -2.90. The van der Waals surface area contributed by atoms with Crippen molar-refractivity contribution in [2.75, 3.05) is 50.7 Å². The molecule has 0 aliphatic carbocycles. The van der Waals surface area contributed by atoms with Crippen LogP contribution in [0.15, 0.2) is 60.7 Å². The van der Waals surface area contributed by atoms with E-state index >= 15 is 0 Å². The molecule has 4 rings (SSSR count). The van der Waals surface area contributed by atoms with Gasteiger partial charge in [-0.05, 0) is 63.0 Å². The van der Waals surface area contributed by atoms with E-state index in [1.54, 1.807) is 0 Å². The molecule has 0 spiro atoms. The van der Waals surface area contributed by atoms with E-state index in [0.29, 0.717) is 0 Å². The van der Waals surface area contributed by atoms with Gasteiger partial charge in [0, 0.05) is 37.9 Å². The highest BCUT2D eigenvalue weighted by atomic mass is 16.4. The fourth-order valence-electron chi connectivity index (χ4n) is 4.64. The highest BCUT2D eigenvalue weighted by Gasteiger charge is 2.27. The largest absolute Gasteiger partial charge is 0.473 e. The van der Waals surface area contributed by atoms with Gasteiger partial charge in [0.05, 0.1) is 0 Å². The van der Waals surface area contributed by atoms with Crippen molar-refractivity contribution in [3.8, 4) is 0 Å². The number of hydrogen-bond acceptors (Lipinski definition) is 5. The minimum atomic E-state index is -1.82. The predicted molar refractivity (Wildman–Crippen MR) is 130 cm³/mol. The van der Waals surface area contributed by atoms with Gasteiger partial charge in [-0.3, -0.25) is 4.90 Å². The smallest absolute Gasteiger partial charge is 0.414 e. The van der Waals surface area contributed by atoms with Crippen LogP contribution in [-0.4, -0.2) is 83.8 Å². The van der Waals surface area contributed by atoms with Gasteiger partial charge in [0.2, 0.25) is 0 Å². The molecule has 2 aliphatic heterocycles. The van der Waals surface area contributed by atoms with Gasteiger partial charge in [0.25, 0.3) is 0 Å². The topological polar surface area (TPSA) is 84.3 Å². The highest BCUT2D eigenvalue weighted by molar-refractivity contribution is 6.27. The second kappa shape index (κ2) is 13.0. The lowest BCUT2D eigenvalue weighted by Crippen LogP contribution is -2.53. The fraction of sp³-hybridized carbons (Fsp3) is 0.462. The molecule has 0 atom stereocenters. The first-order chi connectivity index (χ1) is 16.0. The van der Waals surface area contributed by atoms with Gasteiger partial charge in [-0.15, -0.1) is 0 Å². The third kappa shape index (κ3) is 8.18. The minimum Gasteiger partial charge on any atom is -0.473 e. The average molecular weight is 454 g/mol. The number of carboxylic acids is 2. The van der Waals surface area contributed by atoms with Crippen LogP contribution >= 0.6 is 0 Å². The molecule has 7 nitrogen and oxygen atoms in total. The van der Waals surface area contributed by atoms with Crippen molar-refractivity contribution in [1.29, 1.82) is 0 Å². The molecule has 33 heavy (non-hydrogen) atoms. The second-order valence-corrected chi connectivity index (χ2v) is 8.63. The lowest BCUT2D eigenvalue weighted by molar-refractivity contribution is -0.159. The van der Waals surface area contributed by atoms with Crippen LogP contribution in [0.4, 0.5) is 5.69 Å². The number of piperidine rings is 1. The minimum absolute atomic E-state index is 0.799. The molecule has 2 N–H and O–H groups in total. The SMILES string of the molecule is O=C(O)C(=O)O.c1ccc(CCCN2CCC(N3CCN(c4ccccc4)CC3)CC2)cc1. The summed E-state index contributed by atoms with van der Waals surface area (Å²) in [5, 5.41) is 14.8. The van der Waals surface area contributed by atoms with Gasteiger partial charge in [0.1, 0.15) is 0 Å². The summed E-state index contributed by atoms with van der Waals surface area (Å²) in [4.78, 5) is 26.2. The second-order valence-electron chi connectivity index (χ2n) is 8.63. The van der Waals surface area contributed by atoms with E-state index in [4.69, 9.17) is 19.8 Å². The van der Waals surface area contributed by atoms with Gasteiger partial charge < -0.3 is 20.0 Å². The summed E-state index contributed by atoms with van der Waals surface area (Å²) in [7, 11) is 0. The van der Waals surface area contributed by atoms with Gasteiger partial charge in [0.15, 0.2) is 0 Å². The molecule has 2 heterocycles. The van der Waals surface area contributed by atoms with Crippen LogP contribution < -0.4 is 4.90 Å². The molecule has 0 aromatic heterocycles. The van der Waals surface area contributed by atoms with Gasteiger partial charge in [-0.1, -0.05) is 48.5 Å². The maximum absolute atomic E-state index is 9.10. The standard InChI is InChI=1S/C24H33N3.C2H2O4/c1-3-8-22(9-4-1)10-7-15-25-16-13-24(14-17-25)27-20-18-26(19-21-27)23-11-5-2-6-12-23;3-1(4)2(5)6/h1-6,8-9,11-12,24H,7,10,13-21H2;(H,3,4)(H,5,6). The Bertz CT molecular complexity index is 834. The molecule has 2 fully saturated rings. The molecular formula is C26H35N3O4. The van der Waals surface area contributed by atoms with E-state index in [0.717, 1.165) is 6.04 Å². The fourth-order valence-corrected chi connectivity index (χ4v) is 4.64. The van der Waals surface area contributed by atoms with Crippen molar-refractivity contribution in [3.63, 3.8) is 0 Å². The number of benzene rings is 2. The molecule has 2 aromatic carbocycles. The Morgan fingerprint density at radius 3 is 1.85 bits per heavy atom. The van der Waals surface area contributed by atoms with Crippen molar-refractivity contribution in [1.82, 2.24) is 9.80 Å². The predicted octanol–water partition coefficient (Wildman–Crippen LogP) is 3.06. The van der Waals surface area contributed by atoms with E-state index in [-0.39, 0.29) is 0 Å². The summed E-state index contributed by atoms with van der Waals surface area (Å²) < 4.78 is 0. The first kappa shape index (κ1) is 24.7. The molecule has 0 bridgehead atoms. The third-order valence-electron chi connectivity index (χ3n) is 6.47. The molecule has 7 heteroatoms. The maximum Gasteiger partial charge on any atom is 0.414 e. The Kier molecular flexibility index (Phi) is 9.72. The number of carbonyl (C=O) groups is 2. The van der Waals surface area contributed by atoms with Crippen molar-refractivity contribution in [2.45, 2.75) is 31.7 Å². The Balaban J connectivity index is 0.000000454. The summed E-state index contributed by atoms with van der Waals surface area (Å²) in [5.74, 6) is -3.65. The highest BCUT2D eigenvalue weighted by Crippen LogP contribution is 2.21. The number of rotatable bonds is 6. The Labute approximate surface area is 196 Å². The van der Waals surface area contributed by atoms with E-state index in [9.17, 15) is 0 Å². The van der Waals surface area contributed by atoms with E-state index in [1.807, 2.05) is 0 Å². The third-order valence-corrected chi connectivity index (χ3v) is 6.47. The number of carboxylic acid groups (broad SMARTS) is 2. The van der Waals surface area contributed by atoms with Crippen LogP contribution in [0.3, 0.4) is 0 Å². The number of likely N-dealkylation sites (tertiary alicyclic amines) is 1. The quantitative estimate of drug-likeness (QED) is 0.651. The summed E-state index contributed by atoms with van der Waals surface area (Å²) in [5.41, 5.74) is 2.86. The number of anilines is 1. The molecular weight excluding hydrogens is 418 g/mol. The summed E-state index contributed by atoms with van der Waals surface area (Å²) >= 11 is 0. The van der Waals surface area contributed by atoms with Crippen LogP contribution in [0.25, 0.3) is 0 Å². The molecule has 0 amide bonds. The van der Waals surface area contributed by atoms with Crippen LogP contribution in [-0.2, 0) is 16.0 Å². The molecule has 0 radical (unpaired) electrons. The maximum atomic E-state index is 9.10. The molecule has 2 aromatic rings. The zero-order valence-corrected chi connectivity index (χ0v) is 19.2.